The Morgan fingerprint density at radius 1 is 1.50 bits per heavy atom. The molecule has 0 aromatic carbocycles. The summed E-state index contributed by atoms with van der Waals surface area (Å²) < 4.78 is 0. The van der Waals surface area contributed by atoms with E-state index in [-0.39, 0.29) is 0 Å². The van der Waals surface area contributed by atoms with Gasteiger partial charge in [-0.05, 0) is 37.7 Å². The van der Waals surface area contributed by atoms with E-state index in [4.69, 9.17) is 5.73 Å². The molecule has 2 nitrogen and oxygen atoms in total. The Labute approximate surface area is 78.9 Å². The molecule has 1 fully saturated rings. The fourth-order valence-electron chi connectivity index (χ4n) is 1.61. The van der Waals surface area contributed by atoms with Crippen molar-refractivity contribution in [2.45, 2.75) is 44.2 Å². The van der Waals surface area contributed by atoms with Crippen molar-refractivity contribution in [1.29, 1.82) is 0 Å². The van der Waals surface area contributed by atoms with Gasteiger partial charge in [0.25, 0.3) is 0 Å². The topological polar surface area (TPSA) is 46.2 Å². The van der Waals surface area contributed by atoms with E-state index in [1.165, 1.54) is 0 Å². The highest BCUT2D eigenvalue weighted by Gasteiger charge is 2.43. The van der Waals surface area contributed by atoms with Gasteiger partial charge >= 0.3 is 0 Å². The van der Waals surface area contributed by atoms with Crippen LogP contribution in [0.4, 0.5) is 0 Å². The quantitative estimate of drug-likeness (QED) is 0.689. The smallest absolute Gasteiger partial charge is 0.0839 e. The second-order valence-electron chi connectivity index (χ2n) is 3.91. The number of nitrogens with two attached hydrogens (primary N) is 1. The van der Waals surface area contributed by atoms with Crippen LogP contribution < -0.4 is 5.73 Å². The number of hydrogen-bond acceptors (Lipinski definition) is 3. The van der Waals surface area contributed by atoms with E-state index in [0.717, 1.165) is 30.8 Å². The molecule has 0 aromatic rings. The molecule has 1 aliphatic heterocycles. The molecule has 1 heterocycles. The molecule has 0 aliphatic carbocycles. The van der Waals surface area contributed by atoms with Gasteiger partial charge in [0, 0.05) is 5.54 Å². The van der Waals surface area contributed by atoms with Crippen molar-refractivity contribution in [2.24, 2.45) is 5.73 Å². The van der Waals surface area contributed by atoms with Crippen molar-refractivity contribution in [1.82, 2.24) is 0 Å². The maximum absolute atomic E-state index is 10.3. The van der Waals surface area contributed by atoms with Gasteiger partial charge < -0.3 is 10.8 Å². The van der Waals surface area contributed by atoms with E-state index in [0.29, 0.717) is 0 Å². The fraction of sp³-hybridized carbons (Fsp3) is 1.00. The fourth-order valence-corrected chi connectivity index (χ4v) is 2.78. The first-order valence-corrected chi connectivity index (χ1v) is 5.76. The van der Waals surface area contributed by atoms with E-state index >= 15 is 0 Å². The van der Waals surface area contributed by atoms with Crippen LogP contribution in [0.5, 0.6) is 0 Å². The Morgan fingerprint density at radius 3 is 2.42 bits per heavy atom. The zero-order valence-corrected chi connectivity index (χ0v) is 8.78. The van der Waals surface area contributed by atoms with Crippen LogP contribution >= 0.6 is 11.8 Å². The molecule has 0 spiro atoms. The van der Waals surface area contributed by atoms with E-state index in [9.17, 15) is 5.11 Å². The summed E-state index contributed by atoms with van der Waals surface area (Å²) in [6.45, 7) is 4.00. The van der Waals surface area contributed by atoms with Gasteiger partial charge in [-0.25, -0.2) is 0 Å². The molecule has 1 atom stereocenters. The molecule has 0 amide bonds. The molecule has 3 heteroatoms. The summed E-state index contributed by atoms with van der Waals surface area (Å²) in [5.74, 6) is 2.09. The third-order valence-corrected chi connectivity index (χ3v) is 4.10. The Hall–Kier alpha value is 0.270. The Bertz CT molecular complexity index is 153. The first-order valence-electron chi connectivity index (χ1n) is 4.61. The number of rotatable bonds is 2. The van der Waals surface area contributed by atoms with Crippen LogP contribution in [-0.4, -0.2) is 27.8 Å². The van der Waals surface area contributed by atoms with Crippen LogP contribution in [0.2, 0.25) is 0 Å². The third-order valence-electron chi connectivity index (χ3n) is 3.12. The van der Waals surface area contributed by atoms with Crippen molar-refractivity contribution >= 4 is 11.8 Å². The Morgan fingerprint density at radius 2 is 2.00 bits per heavy atom. The molecule has 0 saturated carbocycles. The minimum absolute atomic E-state index is 0.409. The molecule has 0 aromatic heterocycles. The maximum Gasteiger partial charge on any atom is 0.0839 e. The molecule has 0 radical (unpaired) electrons. The standard InChI is InChI=1S/C9H19NOS/c1-3-8(2,10)9(11)4-6-12-7-5-9/h11H,3-7,10H2,1-2H3. The normalized spacial score (nSPS) is 28.0. The zero-order chi connectivity index (χ0) is 9.24. The molecule has 1 aliphatic rings. The molecule has 0 bridgehead atoms. The van der Waals surface area contributed by atoms with Crippen molar-refractivity contribution in [3.63, 3.8) is 0 Å². The SMILES string of the molecule is CCC(C)(N)C1(O)CCSCC1. The summed E-state index contributed by atoms with van der Waals surface area (Å²) in [7, 11) is 0. The molecule has 72 valence electrons. The van der Waals surface area contributed by atoms with E-state index in [1.54, 1.807) is 0 Å². The maximum atomic E-state index is 10.3. The number of thioether (sulfide) groups is 1. The Balaban J connectivity index is 2.68. The first kappa shape index (κ1) is 10.4. The zero-order valence-electron chi connectivity index (χ0n) is 7.97. The number of hydrogen-bond donors (Lipinski definition) is 2. The van der Waals surface area contributed by atoms with Crippen molar-refractivity contribution in [3.05, 3.63) is 0 Å². The monoisotopic (exact) mass is 189 g/mol. The van der Waals surface area contributed by atoms with Crippen LogP contribution in [-0.2, 0) is 0 Å². The first-order chi connectivity index (χ1) is 5.52. The predicted octanol–water partition coefficient (Wildman–Crippen LogP) is 1.37. The van der Waals surface area contributed by atoms with Crippen LogP contribution in [0.3, 0.4) is 0 Å². The predicted molar refractivity (Wildman–Crippen MR) is 54.4 cm³/mol. The van der Waals surface area contributed by atoms with E-state index < -0.39 is 11.1 Å². The van der Waals surface area contributed by atoms with Crippen LogP contribution in [0.15, 0.2) is 0 Å². The third kappa shape index (κ3) is 1.78. The average Bonchev–Trinajstić information content (AvgIpc) is 2.06. The second kappa shape index (κ2) is 3.56. The second-order valence-corrected chi connectivity index (χ2v) is 5.14. The Kier molecular flexibility index (Phi) is 3.07. The summed E-state index contributed by atoms with van der Waals surface area (Å²) >= 11 is 1.91. The highest BCUT2D eigenvalue weighted by Crippen LogP contribution is 2.35. The van der Waals surface area contributed by atoms with Gasteiger partial charge in [0.2, 0.25) is 0 Å². The molecule has 12 heavy (non-hydrogen) atoms. The summed E-state index contributed by atoms with van der Waals surface area (Å²) in [4.78, 5) is 0. The lowest BCUT2D eigenvalue weighted by molar-refractivity contribution is -0.0373. The summed E-state index contributed by atoms with van der Waals surface area (Å²) in [6.07, 6.45) is 2.53. The van der Waals surface area contributed by atoms with E-state index in [1.807, 2.05) is 25.6 Å². The summed E-state index contributed by atoms with van der Waals surface area (Å²) in [6, 6.07) is 0. The summed E-state index contributed by atoms with van der Waals surface area (Å²) in [5.41, 5.74) is 5.04. The lowest BCUT2D eigenvalue weighted by Gasteiger charge is -2.44. The van der Waals surface area contributed by atoms with Gasteiger partial charge in [0.1, 0.15) is 0 Å². The molecule has 1 saturated heterocycles. The van der Waals surface area contributed by atoms with Crippen molar-refractivity contribution in [3.8, 4) is 0 Å². The van der Waals surface area contributed by atoms with Gasteiger partial charge in [0.05, 0.1) is 5.60 Å². The molecular weight excluding hydrogens is 170 g/mol. The summed E-state index contributed by atoms with van der Waals surface area (Å²) in [5, 5.41) is 10.3. The van der Waals surface area contributed by atoms with Crippen LogP contribution in [0.1, 0.15) is 33.1 Å². The number of aliphatic hydroxyl groups is 1. The minimum atomic E-state index is -0.618. The van der Waals surface area contributed by atoms with Gasteiger partial charge in [0.15, 0.2) is 0 Å². The minimum Gasteiger partial charge on any atom is -0.388 e. The average molecular weight is 189 g/mol. The van der Waals surface area contributed by atoms with Crippen molar-refractivity contribution < 1.29 is 5.11 Å². The molecule has 1 unspecified atom stereocenters. The van der Waals surface area contributed by atoms with Crippen LogP contribution in [0.25, 0.3) is 0 Å². The highest BCUT2D eigenvalue weighted by atomic mass is 32.2. The van der Waals surface area contributed by atoms with Gasteiger partial charge in [-0.15, -0.1) is 0 Å². The molecule has 3 N–H and O–H groups in total. The largest absolute Gasteiger partial charge is 0.388 e. The molecule has 1 rings (SSSR count). The van der Waals surface area contributed by atoms with Gasteiger partial charge in [-0.1, -0.05) is 6.92 Å². The van der Waals surface area contributed by atoms with Crippen LogP contribution in [0, 0.1) is 0 Å². The highest BCUT2D eigenvalue weighted by molar-refractivity contribution is 7.99. The van der Waals surface area contributed by atoms with Gasteiger partial charge in [-0.2, -0.15) is 11.8 Å². The van der Waals surface area contributed by atoms with Gasteiger partial charge in [-0.3, -0.25) is 0 Å². The lowest BCUT2D eigenvalue weighted by atomic mass is 9.76. The van der Waals surface area contributed by atoms with Crippen molar-refractivity contribution in [2.75, 3.05) is 11.5 Å². The molecular formula is C9H19NOS. The van der Waals surface area contributed by atoms with E-state index in [2.05, 4.69) is 0 Å². The lowest BCUT2D eigenvalue weighted by Crippen LogP contribution is -2.59.